The molecule has 0 heterocycles. The van der Waals surface area contributed by atoms with Gasteiger partial charge in [-0.25, -0.2) is 0 Å². The lowest BCUT2D eigenvalue weighted by Crippen LogP contribution is -1.99. The normalized spacial score (nSPS) is 10.0. The van der Waals surface area contributed by atoms with E-state index in [9.17, 15) is 0 Å². The second kappa shape index (κ2) is 3.49. The molecule has 0 fully saturated rings. The molecule has 0 aromatic heterocycles. The number of fused-ring (bicyclic) bond motifs is 1. The molecular formula is C12H10N2. The molecule has 0 bridgehead atoms. The van der Waals surface area contributed by atoms with E-state index in [1.807, 2.05) is 36.4 Å². The predicted molar refractivity (Wildman–Crippen MR) is 56.6 cm³/mol. The summed E-state index contributed by atoms with van der Waals surface area (Å²) in [5.41, 5.74) is 7.15. The van der Waals surface area contributed by atoms with Crippen molar-refractivity contribution in [1.29, 1.82) is 5.26 Å². The molecule has 0 saturated carbocycles. The van der Waals surface area contributed by atoms with Crippen molar-refractivity contribution in [2.24, 2.45) is 5.73 Å². The topological polar surface area (TPSA) is 49.8 Å². The van der Waals surface area contributed by atoms with E-state index in [-0.39, 0.29) is 0 Å². The van der Waals surface area contributed by atoms with Gasteiger partial charge in [-0.1, -0.05) is 24.3 Å². The molecule has 2 nitrogen and oxygen atoms in total. The van der Waals surface area contributed by atoms with E-state index in [2.05, 4.69) is 6.07 Å². The van der Waals surface area contributed by atoms with Gasteiger partial charge in [0.25, 0.3) is 0 Å². The van der Waals surface area contributed by atoms with Crippen molar-refractivity contribution >= 4 is 10.8 Å². The van der Waals surface area contributed by atoms with Crippen LogP contribution in [0.1, 0.15) is 11.1 Å². The van der Waals surface area contributed by atoms with Crippen LogP contribution in [0.4, 0.5) is 0 Å². The first kappa shape index (κ1) is 8.74. The van der Waals surface area contributed by atoms with E-state index >= 15 is 0 Å². The molecule has 2 aromatic carbocycles. The van der Waals surface area contributed by atoms with Crippen molar-refractivity contribution in [1.82, 2.24) is 0 Å². The van der Waals surface area contributed by atoms with Crippen LogP contribution in [0.25, 0.3) is 10.8 Å². The van der Waals surface area contributed by atoms with Crippen molar-refractivity contribution < 1.29 is 0 Å². The summed E-state index contributed by atoms with van der Waals surface area (Å²) in [6.07, 6.45) is 0. The number of benzene rings is 2. The molecule has 0 amide bonds. The Morgan fingerprint density at radius 1 is 1.14 bits per heavy atom. The molecule has 0 atom stereocenters. The highest BCUT2D eigenvalue weighted by Crippen LogP contribution is 2.19. The molecule has 0 aliphatic rings. The molecule has 0 unspecified atom stereocenters. The number of nitriles is 1. The lowest BCUT2D eigenvalue weighted by molar-refractivity contribution is 1.07. The Balaban J connectivity index is 2.77. The number of nitrogens with zero attached hydrogens (tertiary/aromatic N) is 1. The Morgan fingerprint density at radius 2 is 1.79 bits per heavy atom. The smallest absolute Gasteiger partial charge is 0.0995 e. The van der Waals surface area contributed by atoms with Gasteiger partial charge in [0.05, 0.1) is 11.6 Å². The Bertz CT molecular complexity index is 509. The van der Waals surface area contributed by atoms with Crippen molar-refractivity contribution in [2.45, 2.75) is 6.54 Å². The fourth-order valence-electron chi connectivity index (χ4n) is 1.56. The maximum absolute atomic E-state index is 8.90. The van der Waals surface area contributed by atoms with Gasteiger partial charge in [-0.3, -0.25) is 0 Å². The molecule has 0 aliphatic carbocycles. The van der Waals surface area contributed by atoms with Gasteiger partial charge in [-0.2, -0.15) is 5.26 Å². The summed E-state index contributed by atoms with van der Waals surface area (Å²) in [4.78, 5) is 0. The molecule has 2 heteroatoms. The zero-order valence-corrected chi connectivity index (χ0v) is 7.70. The molecule has 0 spiro atoms. The summed E-state index contributed by atoms with van der Waals surface area (Å²) in [6.45, 7) is 0.410. The standard InChI is InChI=1S/C12H10N2/c13-7-11-5-9-3-1-2-4-10(9)6-12(11)8-14/h1-6H,7,13H2. The van der Waals surface area contributed by atoms with Crippen molar-refractivity contribution in [3.05, 3.63) is 47.5 Å². The minimum atomic E-state index is 0.410. The van der Waals surface area contributed by atoms with E-state index in [1.54, 1.807) is 0 Å². The van der Waals surface area contributed by atoms with Gasteiger partial charge < -0.3 is 5.73 Å². The average molecular weight is 182 g/mol. The van der Waals surface area contributed by atoms with Crippen LogP contribution < -0.4 is 5.73 Å². The van der Waals surface area contributed by atoms with Crippen LogP contribution in [-0.4, -0.2) is 0 Å². The van der Waals surface area contributed by atoms with Crippen LogP contribution >= 0.6 is 0 Å². The molecule has 14 heavy (non-hydrogen) atoms. The van der Waals surface area contributed by atoms with Crippen molar-refractivity contribution in [3.8, 4) is 6.07 Å². The minimum absolute atomic E-state index is 0.410. The third kappa shape index (κ3) is 1.34. The Hall–Kier alpha value is -1.85. The van der Waals surface area contributed by atoms with Crippen molar-refractivity contribution in [2.75, 3.05) is 0 Å². The third-order valence-electron chi connectivity index (χ3n) is 2.31. The fraction of sp³-hybridized carbons (Fsp3) is 0.0833. The van der Waals surface area contributed by atoms with Crippen LogP contribution in [0.15, 0.2) is 36.4 Å². The van der Waals surface area contributed by atoms with Gasteiger partial charge in [0.1, 0.15) is 0 Å². The monoisotopic (exact) mass is 182 g/mol. The number of hydrogen-bond acceptors (Lipinski definition) is 2. The first-order valence-corrected chi connectivity index (χ1v) is 4.47. The highest BCUT2D eigenvalue weighted by Gasteiger charge is 2.01. The van der Waals surface area contributed by atoms with Gasteiger partial charge in [0.2, 0.25) is 0 Å². The quantitative estimate of drug-likeness (QED) is 0.734. The first-order chi connectivity index (χ1) is 6.85. The zero-order valence-electron chi connectivity index (χ0n) is 7.70. The highest BCUT2D eigenvalue weighted by atomic mass is 14.5. The Labute approximate surface area is 82.6 Å². The van der Waals surface area contributed by atoms with Gasteiger partial charge in [-0.05, 0) is 28.5 Å². The molecule has 0 radical (unpaired) electrons. The summed E-state index contributed by atoms with van der Waals surface area (Å²) < 4.78 is 0. The maximum atomic E-state index is 8.90. The lowest BCUT2D eigenvalue weighted by atomic mass is 10.0. The number of hydrogen-bond donors (Lipinski definition) is 1. The lowest BCUT2D eigenvalue weighted by Gasteiger charge is -2.03. The molecule has 2 rings (SSSR count). The van der Waals surface area contributed by atoms with Gasteiger partial charge in [0.15, 0.2) is 0 Å². The second-order valence-corrected chi connectivity index (χ2v) is 3.17. The second-order valence-electron chi connectivity index (χ2n) is 3.17. The molecular weight excluding hydrogens is 172 g/mol. The fourth-order valence-corrected chi connectivity index (χ4v) is 1.56. The predicted octanol–water partition coefficient (Wildman–Crippen LogP) is 2.17. The third-order valence-corrected chi connectivity index (χ3v) is 2.31. The van der Waals surface area contributed by atoms with Crippen LogP contribution in [0.5, 0.6) is 0 Å². The van der Waals surface area contributed by atoms with Crippen LogP contribution in [-0.2, 0) is 6.54 Å². The van der Waals surface area contributed by atoms with Gasteiger partial charge >= 0.3 is 0 Å². The minimum Gasteiger partial charge on any atom is -0.326 e. The van der Waals surface area contributed by atoms with Gasteiger partial charge in [-0.15, -0.1) is 0 Å². The van der Waals surface area contributed by atoms with Crippen LogP contribution in [0.2, 0.25) is 0 Å². The van der Waals surface area contributed by atoms with Gasteiger partial charge in [0, 0.05) is 6.54 Å². The molecule has 2 N–H and O–H groups in total. The SMILES string of the molecule is N#Cc1cc2ccccc2cc1CN. The Kier molecular flexibility index (Phi) is 2.18. The van der Waals surface area contributed by atoms with Crippen LogP contribution in [0, 0.1) is 11.3 Å². The first-order valence-electron chi connectivity index (χ1n) is 4.47. The number of rotatable bonds is 1. The van der Waals surface area contributed by atoms with E-state index in [0.717, 1.165) is 16.3 Å². The van der Waals surface area contributed by atoms with E-state index < -0.39 is 0 Å². The van der Waals surface area contributed by atoms with Crippen LogP contribution in [0.3, 0.4) is 0 Å². The molecule has 2 aromatic rings. The summed E-state index contributed by atoms with van der Waals surface area (Å²) in [7, 11) is 0. The Morgan fingerprint density at radius 3 is 2.36 bits per heavy atom. The average Bonchev–Trinajstić information content (AvgIpc) is 2.27. The molecule has 0 saturated heterocycles. The maximum Gasteiger partial charge on any atom is 0.0995 e. The summed E-state index contributed by atoms with van der Waals surface area (Å²) in [6, 6.07) is 14.0. The highest BCUT2D eigenvalue weighted by molar-refractivity contribution is 5.84. The molecule has 68 valence electrons. The molecule has 0 aliphatic heterocycles. The largest absolute Gasteiger partial charge is 0.326 e. The van der Waals surface area contributed by atoms with Crippen molar-refractivity contribution in [3.63, 3.8) is 0 Å². The van der Waals surface area contributed by atoms with E-state index in [0.29, 0.717) is 12.1 Å². The summed E-state index contributed by atoms with van der Waals surface area (Å²) >= 11 is 0. The van der Waals surface area contributed by atoms with E-state index in [1.165, 1.54) is 0 Å². The summed E-state index contributed by atoms with van der Waals surface area (Å²) in [5.74, 6) is 0. The van der Waals surface area contributed by atoms with E-state index in [4.69, 9.17) is 11.0 Å². The number of nitrogens with two attached hydrogens (primary N) is 1. The zero-order chi connectivity index (χ0) is 9.97. The summed E-state index contributed by atoms with van der Waals surface area (Å²) in [5, 5.41) is 11.1.